The first-order valence-electron chi connectivity index (χ1n) is 14.9. The minimum atomic E-state index is -3.58. The fourth-order valence-corrected chi connectivity index (χ4v) is 8.49. The number of amides is 1. The Morgan fingerprint density at radius 1 is 1.04 bits per heavy atom. The fourth-order valence-electron chi connectivity index (χ4n) is 7.36. The molecular weight excluding hydrogens is 661 g/mol. The van der Waals surface area contributed by atoms with Crippen LogP contribution >= 0.6 is 11.3 Å². The Balaban J connectivity index is 1.42. The van der Waals surface area contributed by atoms with Gasteiger partial charge in [0.2, 0.25) is 18.0 Å². The molecule has 4 aliphatic rings. The summed E-state index contributed by atoms with van der Waals surface area (Å²) < 4.78 is 93.7. The third kappa shape index (κ3) is 4.36. The van der Waals surface area contributed by atoms with E-state index in [1.165, 1.54) is 38.2 Å². The van der Waals surface area contributed by atoms with Crippen molar-refractivity contribution in [2.75, 3.05) is 25.5 Å². The summed E-state index contributed by atoms with van der Waals surface area (Å²) in [7, 11) is 1.06. The molecule has 4 heterocycles. The zero-order valence-electron chi connectivity index (χ0n) is 25.0. The van der Waals surface area contributed by atoms with Gasteiger partial charge in [-0.15, -0.1) is 11.3 Å². The lowest BCUT2D eigenvalue weighted by Gasteiger charge is -2.53. The minimum absolute atomic E-state index is 0.0322. The number of hydrogen-bond acceptors (Lipinski definition) is 8. The molecule has 48 heavy (non-hydrogen) atoms. The highest BCUT2D eigenvalue weighted by Crippen LogP contribution is 2.58. The first-order chi connectivity index (χ1) is 22.9. The molecule has 9 nitrogen and oxygen atoms in total. The van der Waals surface area contributed by atoms with E-state index < -0.39 is 91.3 Å². The second kappa shape index (κ2) is 10.5. The molecule has 1 fully saturated rings. The summed E-state index contributed by atoms with van der Waals surface area (Å²) >= 11 is 1.23. The molecule has 1 amide bonds. The average molecular weight is 686 g/mol. The zero-order chi connectivity index (χ0) is 33.7. The van der Waals surface area contributed by atoms with Crippen molar-refractivity contribution < 1.29 is 45.8 Å². The van der Waals surface area contributed by atoms with Gasteiger partial charge in [0.05, 0.1) is 25.1 Å². The normalized spacial score (nSPS) is 20.9. The first-order valence-corrected chi connectivity index (χ1v) is 15.8. The lowest BCUT2D eigenvalue weighted by Crippen LogP contribution is -2.66. The maximum absolute atomic E-state index is 15.8. The van der Waals surface area contributed by atoms with Crippen LogP contribution in [0.5, 0.6) is 5.75 Å². The van der Waals surface area contributed by atoms with Gasteiger partial charge in [0.15, 0.2) is 5.69 Å². The smallest absolute Gasteiger partial charge is 0.451 e. The molecule has 248 valence electrons. The molecule has 0 radical (unpaired) electrons. The number of piperidine rings is 1. The third-order valence-corrected chi connectivity index (χ3v) is 10.4. The van der Waals surface area contributed by atoms with Crippen LogP contribution in [-0.4, -0.2) is 54.2 Å². The Bertz CT molecular complexity index is 2100. The summed E-state index contributed by atoms with van der Waals surface area (Å²) in [5.74, 6) is -9.21. The molecule has 4 aromatic rings. The Hall–Kier alpha value is -4.92. The molecule has 8 rings (SSSR count). The lowest BCUT2D eigenvalue weighted by atomic mass is 9.80. The van der Waals surface area contributed by atoms with Gasteiger partial charge in [-0.25, -0.2) is 26.7 Å². The molecule has 2 aromatic carbocycles. The predicted molar refractivity (Wildman–Crippen MR) is 161 cm³/mol. The number of pyridine rings is 1. The highest BCUT2D eigenvalue weighted by atomic mass is 32.1. The third-order valence-electron chi connectivity index (χ3n) is 9.30. The molecule has 2 aliphatic carbocycles. The van der Waals surface area contributed by atoms with Crippen LogP contribution in [0.25, 0.3) is 21.6 Å². The number of aromatic nitrogens is 1. The predicted octanol–water partition coefficient (Wildman–Crippen LogP) is 6.40. The topological polar surface area (TPSA) is 90.3 Å². The fraction of sp³-hybridized carbons (Fsp3) is 0.303. The number of fused-ring (bicyclic) bond motifs is 4. The molecule has 0 N–H and O–H groups in total. The molecule has 2 atom stereocenters. The number of carbonyl (C=O) groups is 2. The standard InChI is InChI=1S/C33H24F5N3O6S/c1-45-31(44)47-15-46-28-21(42)8-10-40-27(28)30(43)39-11-9-32(35,36)13-22(39)41(40)26-17-4-2-3-5-18(17)29-23-16(14-48-29)12-33(37,38)25-20(34)7-6-19(26)24(23)25/h2-8,10,14,22,26H,9,11-13,15H2,1H3. The van der Waals surface area contributed by atoms with Crippen molar-refractivity contribution in [1.29, 1.82) is 0 Å². The van der Waals surface area contributed by atoms with Crippen LogP contribution in [0, 0.1) is 5.82 Å². The maximum atomic E-state index is 15.8. The van der Waals surface area contributed by atoms with Gasteiger partial charge in [0.1, 0.15) is 12.0 Å². The van der Waals surface area contributed by atoms with Gasteiger partial charge in [0, 0.05) is 47.7 Å². The summed E-state index contributed by atoms with van der Waals surface area (Å²) in [4.78, 5) is 40.6. The number of ether oxygens (including phenoxy) is 3. The summed E-state index contributed by atoms with van der Waals surface area (Å²) in [6.07, 6.45) is -3.43. The second-order valence-corrected chi connectivity index (χ2v) is 12.8. The molecule has 2 unspecified atom stereocenters. The number of nitrogens with zero attached hydrogens (tertiary/aromatic N) is 3. The van der Waals surface area contributed by atoms with Crippen LogP contribution in [0.2, 0.25) is 0 Å². The zero-order valence-corrected chi connectivity index (χ0v) is 25.8. The molecule has 2 aliphatic heterocycles. The number of methoxy groups -OCH3 is 1. The van der Waals surface area contributed by atoms with Crippen molar-refractivity contribution in [2.24, 2.45) is 0 Å². The van der Waals surface area contributed by atoms with E-state index in [2.05, 4.69) is 4.74 Å². The second-order valence-electron chi connectivity index (χ2n) is 12.0. The van der Waals surface area contributed by atoms with Gasteiger partial charge >= 0.3 is 6.16 Å². The van der Waals surface area contributed by atoms with Crippen molar-refractivity contribution in [2.45, 2.75) is 43.3 Å². The van der Waals surface area contributed by atoms with Crippen molar-refractivity contribution >= 4 is 23.4 Å². The molecule has 0 saturated carbocycles. The van der Waals surface area contributed by atoms with Crippen LogP contribution in [-0.2, 0) is 21.8 Å². The van der Waals surface area contributed by atoms with Crippen LogP contribution in [0.15, 0.2) is 58.8 Å². The number of thiophene rings is 1. The molecule has 15 heteroatoms. The Labute approximate surface area is 272 Å². The van der Waals surface area contributed by atoms with Crippen LogP contribution < -0.4 is 15.2 Å². The van der Waals surface area contributed by atoms with Crippen molar-refractivity contribution in [1.82, 2.24) is 9.58 Å². The van der Waals surface area contributed by atoms with E-state index in [-0.39, 0.29) is 16.8 Å². The SMILES string of the molecule is COC(=O)OCOc1c2n(ccc1=O)N(C1c3ccccc3-c3scc4c3-c3c1ccc(F)c3C(F)(F)C4)C1CC(F)(F)CCN1C2=O. The molecular formula is C33H24F5N3O6S. The lowest BCUT2D eigenvalue weighted by molar-refractivity contribution is -0.0785. The molecule has 2 aromatic heterocycles. The minimum Gasteiger partial charge on any atom is -0.451 e. The quantitative estimate of drug-likeness (QED) is 0.140. The van der Waals surface area contributed by atoms with E-state index in [1.807, 2.05) is 0 Å². The van der Waals surface area contributed by atoms with E-state index in [4.69, 9.17) is 9.47 Å². The number of benzene rings is 2. The van der Waals surface area contributed by atoms with E-state index >= 15 is 22.0 Å². The number of rotatable bonds is 4. The van der Waals surface area contributed by atoms with Gasteiger partial charge in [-0.3, -0.25) is 19.3 Å². The van der Waals surface area contributed by atoms with Crippen molar-refractivity contribution in [3.8, 4) is 27.3 Å². The van der Waals surface area contributed by atoms with E-state index in [0.717, 1.165) is 19.2 Å². The Morgan fingerprint density at radius 3 is 2.62 bits per heavy atom. The van der Waals surface area contributed by atoms with Gasteiger partial charge in [-0.2, -0.15) is 0 Å². The summed E-state index contributed by atoms with van der Waals surface area (Å²) in [5.41, 5.74) is 0.208. The first kappa shape index (κ1) is 30.4. The molecule has 0 bridgehead atoms. The average Bonchev–Trinajstić information content (AvgIpc) is 3.41. The van der Waals surface area contributed by atoms with Crippen LogP contribution in [0.1, 0.15) is 51.6 Å². The van der Waals surface area contributed by atoms with Gasteiger partial charge in [-0.1, -0.05) is 30.3 Å². The Kier molecular flexibility index (Phi) is 6.68. The number of hydrogen-bond donors (Lipinski definition) is 0. The summed E-state index contributed by atoms with van der Waals surface area (Å²) in [6, 6.07) is 9.24. The monoisotopic (exact) mass is 685 g/mol. The van der Waals surface area contributed by atoms with E-state index in [0.29, 0.717) is 27.1 Å². The molecule has 1 saturated heterocycles. The van der Waals surface area contributed by atoms with Crippen molar-refractivity contribution in [3.05, 3.63) is 98.0 Å². The van der Waals surface area contributed by atoms with Crippen LogP contribution in [0.4, 0.5) is 26.7 Å². The van der Waals surface area contributed by atoms with Gasteiger partial charge < -0.3 is 19.1 Å². The van der Waals surface area contributed by atoms with Gasteiger partial charge in [-0.05, 0) is 33.7 Å². The largest absolute Gasteiger partial charge is 0.510 e. The number of carbonyl (C=O) groups excluding carboxylic acids is 2. The highest BCUT2D eigenvalue weighted by molar-refractivity contribution is 7.14. The van der Waals surface area contributed by atoms with Crippen molar-refractivity contribution in [3.63, 3.8) is 0 Å². The van der Waals surface area contributed by atoms with Crippen LogP contribution in [0.3, 0.4) is 0 Å². The highest BCUT2D eigenvalue weighted by Gasteiger charge is 2.53. The molecule has 0 spiro atoms. The number of alkyl halides is 4. The van der Waals surface area contributed by atoms with E-state index in [1.54, 1.807) is 29.6 Å². The Morgan fingerprint density at radius 2 is 1.83 bits per heavy atom. The van der Waals surface area contributed by atoms with E-state index in [9.17, 15) is 14.4 Å². The number of halogens is 5. The van der Waals surface area contributed by atoms with Gasteiger partial charge in [0.25, 0.3) is 17.8 Å². The summed E-state index contributed by atoms with van der Waals surface area (Å²) in [5, 5.41) is 3.09. The maximum Gasteiger partial charge on any atom is 0.510 e. The summed E-state index contributed by atoms with van der Waals surface area (Å²) in [6.45, 7) is -1.22.